The Balaban J connectivity index is 2.28. The molecule has 100 valence electrons. The fourth-order valence-electron chi connectivity index (χ4n) is 2.38. The molecule has 1 aliphatic rings. The van der Waals surface area contributed by atoms with Gasteiger partial charge in [-0.25, -0.2) is 8.78 Å². The molecule has 1 fully saturated rings. The second kappa shape index (κ2) is 5.73. The second-order valence-electron chi connectivity index (χ2n) is 4.52. The molecule has 18 heavy (non-hydrogen) atoms. The van der Waals surface area contributed by atoms with Crippen molar-refractivity contribution < 1.29 is 13.9 Å². The molecule has 0 spiro atoms. The molecule has 1 saturated heterocycles. The highest BCUT2D eigenvalue weighted by atomic mass is 19.3. The van der Waals surface area contributed by atoms with Crippen molar-refractivity contribution >= 4 is 0 Å². The van der Waals surface area contributed by atoms with E-state index in [9.17, 15) is 8.78 Å². The van der Waals surface area contributed by atoms with E-state index in [-0.39, 0.29) is 0 Å². The minimum absolute atomic E-state index is 0.554. The van der Waals surface area contributed by atoms with Crippen LogP contribution in [0, 0.1) is 0 Å². The van der Waals surface area contributed by atoms with E-state index in [1.54, 1.807) is 35.2 Å². The first-order valence-electron chi connectivity index (χ1n) is 6.13. The van der Waals surface area contributed by atoms with E-state index in [1.807, 2.05) is 0 Å². The maximum Gasteiger partial charge on any atom is 0.289 e. The van der Waals surface area contributed by atoms with Gasteiger partial charge in [0.1, 0.15) is 12.6 Å². The number of rotatable bonds is 4. The van der Waals surface area contributed by atoms with Gasteiger partial charge in [0.2, 0.25) is 0 Å². The lowest BCUT2D eigenvalue weighted by Crippen LogP contribution is -2.51. The van der Waals surface area contributed by atoms with Gasteiger partial charge in [-0.15, -0.1) is 0 Å². The lowest BCUT2D eigenvalue weighted by atomic mass is 9.98. The van der Waals surface area contributed by atoms with E-state index in [1.165, 1.54) is 0 Å². The van der Waals surface area contributed by atoms with Gasteiger partial charge in [0, 0.05) is 26.2 Å². The van der Waals surface area contributed by atoms with E-state index in [0.717, 1.165) is 0 Å². The van der Waals surface area contributed by atoms with E-state index in [4.69, 9.17) is 5.11 Å². The molecule has 1 aromatic rings. The van der Waals surface area contributed by atoms with E-state index in [0.29, 0.717) is 31.7 Å². The fraction of sp³-hybridized carbons (Fsp3) is 0.538. The monoisotopic (exact) mass is 256 g/mol. The number of nitrogens with zero attached hydrogens (tertiary/aromatic N) is 1. The van der Waals surface area contributed by atoms with Crippen LogP contribution in [0.25, 0.3) is 0 Å². The molecule has 1 atom stereocenters. The van der Waals surface area contributed by atoms with Crippen molar-refractivity contribution in [2.24, 2.45) is 0 Å². The summed E-state index contributed by atoms with van der Waals surface area (Å²) in [5.41, 5.74) is 0.554. The summed E-state index contributed by atoms with van der Waals surface area (Å²) in [6, 6.07) is 7.63. The average molecular weight is 256 g/mol. The summed E-state index contributed by atoms with van der Waals surface area (Å²) in [5.74, 6) is -3.13. The van der Waals surface area contributed by atoms with Crippen molar-refractivity contribution in [3.63, 3.8) is 0 Å². The maximum atomic E-state index is 14.0. The van der Waals surface area contributed by atoms with Gasteiger partial charge in [-0.2, -0.15) is 0 Å². The third-order valence-electron chi connectivity index (χ3n) is 3.24. The van der Waals surface area contributed by atoms with Gasteiger partial charge < -0.3 is 10.4 Å². The molecule has 0 radical (unpaired) electrons. The number of benzene rings is 1. The number of aliphatic hydroxyl groups excluding tert-OH is 1. The average Bonchev–Trinajstić information content (AvgIpc) is 2.41. The SMILES string of the molecule is OCC(F)(F)[C@H](c1ccccc1)N1CCNCC1. The van der Waals surface area contributed by atoms with Crippen LogP contribution in [0.1, 0.15) is 11.6 Å². The predicted molar refractivity (Wildman–Crippen MR) is 65.7 cm³/mol. The first kappa shape index (κ1) is 13.4. The predicted octanol–water partition coefficient (Wildman–Crippen LogP) is 1.26. The van der Waals surface area contributed by atoms with E-state index >= 15 is 0 Å². The quantitative estimate of drug-likeness (QED) is 0.851. The fourth-order valence-corrected chi connectivity index (χ4v) is 2.38. The highest BCUT2D eigenvalue weighted by molar-refractivity contribution is 5.21. The number of hydrogen-bond donors (Lipinski definition) is 2. The summed E-state index contributed by atoms with van der Waals surface area (Å²) in [7, 11) is 0. The number of hydrogen-bond acceptors (Lipinski definition) is 3. The van der Waals surface area contributed by atoms with Crippen LogP contribution >= 0.6 is 0 Å². The smallest absolute Gasteiger partial charge is 0.289 e. The maximum absolute atomic E-state index is 14.0. The van der Waals surface area contributed by atoms with Crippen LogP contribution in [-0.4, -0.2) is 48.7 Å². The summed E-state index contributed by atoms with van der Waals surface area (Å²) in [6.07, 6.45) is 0. The molecule has 0 aliphatic carbocycles. The van der Waals surface area contributed by atoms with E-state index in [2.05, 4.69) is 5.32 Å². The van der Waals surface area contributed by atoms with Crippen LogP contribution in [-0.2, 0) is 0 Å². The Morgan fingerprint density at radius 2 is 1.83 bits per heavy atom. The second-order valence-corrected chi connectivity index (χ2v) is 4.52. The molecule has 2 N–H and O–H groups in total. The molecule has 1 heterocycles. The topological polar surface area (TPSA) is 35.5 Å². The normalized spacial score (nSPS) is 19.7. The van der Waals surface area contributed by atoms with Gasteiger partial charge in [0.05, 0.1) is 0 Å². The highest BCUT2D eigenvalue weighted by Crippen LogP contribution is 2.36. The molecule has 2 rings (SSSR count). The van der Waals surface area contributed by atoms with Gasteiger partial charge >= 0.3 is 0 Å². The van der Waals surface area contributed by atoms with Crippen molar-refractivity contribution in [1.29, 1.82) is 0 Å². The summed E-state index contributed by atoms with van der Waals surface area (Å²) >= 11 is 0. The molecular weight excluding hydrogens is 238 g/mol. The molecule has 0 unspecified atom stereocenters. The summed E-state index contributed by atoms with van der Waals surface area (Å²) in [5, 5.41) is 12.1. The number of alkyl halides is 2. The molecule has 1 aromatic carbocycles. The molecule has 3 nitrogen and oxygen atoms in total. The number of halogens is 2. The van der Waals surface area contributed by atoms with Crippen molar-refractivity contribution in [3.05, 3.63) is 35.9 Å². The Bertz CT molecular complexity index is 367. The minimum Gasteiger partial charge on any atom is -0.390 e. The zero-order chi connectivity index (χ0) is 13.0. The third kappa shape index (κ3) is 2.85. The highest BCUT2D eigenvalue weighted by Gasteiger charge is 2.43. The van der Waals surface area contributed by atoms with Crippen molar-refractivity contribution in [1.82, 2.24) is 10.2 Å². The Kier molecular flexibility index (Phi) is 4.27. The van der Waals surface area contributed by atoms with Gasteiger partial charge in [-0.05, 0) is 5.56 Å². The van der Waals surface area contributed by atoms with Crippen molar-refractivity contribution in [2.75, 3.05) is 32.8 Å². The van der Waals surface area contributed by atoms with Crippen LogP contribution in [0.5, 0.6) is 0 Å². The summed E-state index contributed by atoms with van der Waals surface area (Å²) in [6.45, 7) is 1.40. The number of piperazine rings is 1. The van der Waals surface area contributed by atoms with Crippen LogP contribution in [0.2, 0.25) is 0 Å². The van der Waals surface area contributed by atoms with Gasteiger partial charge in [0.15, 0.2) is 0 Å². The molecule has 0 bridgehead atoms. The Morgan fingerprint density at radius 1 is 1.22 bits per heavy atom. The van der Waals surface area contributed by atoms with Gasteiger partial charge in [-0.1, -0.05) is 30.3 Å². The first-order valence-corrected chi connectivity index (χ1v) is 6.13. The van der Waals surface area contributed by atoms with E-state index < -0.39 is 18.6 Å². The van der Waals surface area contributed by atoms with Crippen molar-refractivity contribution in [2.45, 2.75) is 12.0 Å². The molecule has 0 saturated carbocycles. The Morgan fingerprint density at radius 3 is 2.39 bits per heavy atom. The first-order chi connectivity index (χ1) is 8.65. The van der Waals surface area contributed by atoms with Crippen LogP contribution in [0.4, 0.5) is 8.78 Å². The molecular formula is C13H18F2N2O. The lowest BCUT2D eigenvalue weighted by molar-refractivity contribution is -0.118. The minimum atomic E-state index is -3.13. The molecule has 1 aliphatic heterocycles. The summed E-state index contributed by atoms with van der Waals surface area (Å²) < 4.78 is 28.0. The molecule has 0 aromatic heterocycles. The molecule has 0 amide bonds. The van der Waals surface area contributed by atoms with Gasteiger partial charge in [-0.3, -0.25) is 4.90 Å². The number of aliphatic hydroxyl groups is 1. The number of nitrogens with one attached hydrogen (secondary N) is 1. The van der Waals surface area contributed by atoms with Crippen molar-refractivity contribution in [3.8, 4) is 0 Å². The third-order valence-corrected chi connectivity index (χ3v) is 3.24. The lowest BCUT2D eigenvalue weighted by Gasteiger charge is -2.38. The zero-order valence-electron chi connectivity index (χ0n) is 10.1. The summed E-state index contributed by atoms with van der Waals surface area (Å²) in [4.78, 5) is 1.74. The van der Waals surface area contributed by atoms with Crippen LogP contribution in [0.15, 0.2) is 30.3 Å². The van der Waals surface area contributed by atoms with Crippen LogP contribution in [0.3, 0.4) is 0 Å². The van der Waals surface area contributed by atoms with Gasteiger partial charge in [0.25, 0.3) is 5.92 Å². The largest absolute Gasteiger partial charge is 0.390 e. The van der Waals surface area contributed by atoms with Crippen LogP contribution < -0.4 is 5.32 Å². The molecule has 5 heteroatoms. The Labute approximate surface area is 105 Å². The Hall–Kier alpha value is -1.04. The zero-order valence-corrected chi connectivity index (χ0v) is 10.1. The standard InChI is InChI=1S/C13H18F2N2O/c14-13(15,10-18)12(11-4-2-1-3-5-11)17-8-6-16-7-9-17/h1-5,12,16,18H,6-10H2/t12-/m0/s1.